The fraction of sp³-hybridized carbons (Fsp3) is 0.111. The summed E-state index contributed by atoms with van der Waals surface area (Å²) in [6.07, 6.45) is 0.987. The van der Waals surface area contributed by atoms with E-state index in [1.165, 1.54) is 0 Å². The number of halogens is 1. The maximum atomic E-state index is 12.8. The highest BCUT2D eigenvalue weighted by atomic mass is 35.5. The molecule has 0 aromatic heterocycles. The monoisotopic (exact) mass is 454 g/mol. The van der Waals surface area contributed by atoms with Crippen LogP contribution in [0.25, 0.3) is 0 Å². The molecule has 162 valence electrons. The Morgan fingerprint density at radius 3 is 2.27 bits per heavy atom. The number of ketones is 3. The molecule has 0 saturated heterocycles. The molecule has 0 spiro atoms. The summed E-state index contributed by atoms with van der Waals surface area (Å²) in [5, 5.41) is 2.89. The van der Waals surface area contributed by atoms with Gasteiger partial charge < -0.3 is 5.32 Å². The summed E-state index contributed by atoms with van der Waals surface area (Å²) in [6, 6.07) is 21.7. The van der Waals surface area contributed by atoms with E-state index >= 15 is 0 Å². The first-order chi connectivity index (χ1) is 16.0. The maximum Gasteiger partial charge on any atom is 0.211 e. The molecule has 3 aromatic carbocycles. The molecule has 1 aliphatic carbocycles. The lowest BCUT2D eigenvalue weighted by Gasteiger charge is -2.19. The second kappa shape index (κ2) is 8.60. The lowest BCUT2D eigenvalue weighted by atomic mass is 9.92. The highest BCUT2D eigenvalue weighted by molar-refractivity contribution is 6.49. The molecule has 0 amide bonds. The minimum atomic E-state index is -0.368. The zero-order valence-corrected chi connectivity index (χ0v) is 18.4. The van der Waals surface area contributed by atoms with Gasteiger partial charge in [-0.15, -0.1) is 0 Å². The number of nitrogens with one attached hydrogen (secondary N) is 1. The molecule has 0 atom stereocenters. The zero-order valence-electron chi connectivity index (χ0n) is 17.6. The Bertz CT molecular complexity index is 1370. The number of fused-ring (bicyclic) bond motifs is 2. The van der Waals surface area contributed by atoms with E-state index in [-0.39, 0.29) is 34.5 Å². The Morgan fingerprint density at radius 1 is 0.879 bits per heavy atom. The Morgan fingerprint density at radius 2 is 1.55 bits per heavy atom. The van der Waals surface area contributed by atoms with Crippen LogP contribution >= 0.6 is 11.6 Å². The molecule has 5 rings (SSSR count). The van der Waals surface area contributed by atoms with Gasteiger partial charge in [0.05, 0.1) is 5.69 Å². The Balaban J connectivity index is 1.24. The van der Waals surface area contributed by atoms with Crippen LogP contribution in [-0.2, 0) is 13.0 Å². The van der Waals surface area contributed by atoms with Gasteiger partial charge in [0.1, 0.15) is 10.7 Å². The molecule has 6 heteroatoms. The number of aliphatic imine (C=N–C) groups is 1. The van der Waals surface area contributed by atoms with Gasteiger partial charge in [-0.25, -0.2) is 0 Å². The van der Waals surface area contributed by atoms with Gasteiger partial charge in [0.15, 0.2) is 5.78 Å². The van der Waals surface area contributed by atoms with Crippen LogP contribution in [0, 0.1) is 0 Å². The third kappa shape index (κ3) is 4.03. The number of rotatable bonds is 6. The largest absolute Gasteiger partial charge is 0.376 e. The third-order valence-corrected chi connectivity index (χ3v) is 6.20. The lowest BCUT2D eigenvalue weighted by molar-refractivity contribution is 0.0974. The predicted molar refractivity (Wildman–Crippen MR) is 127 cm³/mol. The molecular formula is C27H19ClN2O3. The first kappa shape index (κ1) is 21.0. The molecule has 0 fully saturated rings. The van der Waals surface area contributed by atoms with Crippen LogP contribution in [0.4, 0.5) is 5.69 Å². The summed E-state index contributed by atoms with van der Waals surface area (Å²) in [7, 11) is 0. The second-order valence-electron chi connectivity index (χ2n) is 8.03. The Labute approximate surface area is 195 Å². The van der Waals surface area contributed by atoms with Gasteiger partial charge in [-0.1, -0.05) is 78.3 Å². The van der Waals surface area contributed by atoms with Crippen LogP contribution in [0.3, 0.4) is 0 Å². The second-order valence-corrected chi connectivity index (χ2v) is 8.40. The van der Waals surface area contributed by atoms with E-state index in [9.17, 15) is 14.4 Å². The summed E-state index contributed by atoms with van der Waals surface area (Å²) >= 11 is 6.19. The van der Waals surface area contributed by atoms with Crippen molar-refractivity contribution in [3.63, 3.8) is 0 Å². The predicted octanol–water partition coefficient (Wildman–Crippen LogP) is 5.21. The maximum absolute atomic E-state index is 12.8. The molecule has 3 aromatic rings. The van der Waals surface area contributed by atoms with Gasteiger partial charge in [-0.05, 0) is 17.2 Å². The van der Waals surface area contributed by atoms with Crippen LogP contribution in [-0.4, -0.2) is 23.1 Å². The number of carbonyl (C=O) groups excluding carboxylic acids is 3. The number of para-hydroxylation sites is 1. The lowest BCUT2D eigenvalue weighted by Crippen LogP contribution is -2.28. The highest BCUT2D eigenvalue weighted by Gasteiger charge is 2.31. The molecular weight excluding hydrogens is 436 g/mol. The van der Waals surface area contributed by atoms with Crippen molar-refractivity contribution in [2.24, 2.45) is 4.99 Å². The molecule has 33 heavy (non-hydrogen) atoms. The number of benzene rings is 3. The zero-order chi connectivity index (χ0) is 22.9. The number of nitrogens with zero attached hydrogens (tertiary/aromatic N) is 1. The molecule has 1 N–H and O–H groups in total. The summed E-state index contributed by atoms with van der Waals surface area (Å²) in [4.78, 5) is 42.5. The Kier molecular flexibility index (Phi) is 5.48. The minimum Gasteiger partial charge on any atom is -0.376 e. The molecule has 5 nitrogen and oxygen atoms in total. The molecule has 0 radical (unpaired) electrons. The van der Waals surface area contributed by atoms with Crippen LogP contribution < -0.4 is 5.32 Å². The van der Waals surface area contributed by atoms with E-state index in [1.54, 1.807) is 36.4 Å². The van der Waals surface area contributed by atoms with Crippen molar-refractivity contribution in [2.75, 3.05) is 0 Å². The van der Waals surface area contributed by atoms with Gasteiger partial charge in [0, 0.05) is 41.8 Å². The normalized spacial score (nSPS) is 14.6. The molecule has 1 aliphatic heterocycles. The fourth-order valence-electron chi connectivity index (χ4n) is 4.09. The van der Waals surface area contributed by atoms with Gasteiger partial charge in [0.2, 0.25) is 11.6 Å². The summed E-state index contributed by atoms with van der Waals surface area (Å²) in [5.41, 5.74) is 5.17. The van der Waals surface area contributed by atoms with E-state index in [1.807, 2.05) is 36.4 Å². The van der Waals surface area contributed by atoms with Crippen LogP contribution in [0.5, 0.6) is 0 Å². The van der Waals surface area contributed by atoms with Crippen molar-refractivity contribution in [1.29, 1.82) is 0 Å². The highest BCUT2D eigenvalue weighted by Crippen LogP contribution is 2.28. The average Bonchev–Trinajstić information content (AvgIpc) is 3.25. The van der Waals surface area contributed by atoms with E-state index in [0.717, 1.165) is 22.5 Å². The first-order valence-corrected chi connectivity index (χ1v) is 11.0. The van der Waals surface area contributed by atoms with Crippen molar-refractivity contribution in [3.05, 3.63) is 111 Å². The van der Waals surface area contributed by atoms with Crippen molar-refractivity contribution in [3.8, 4) is 0 Å². The van der Waals surface area contributed by atoms with E-state index < -0.39 is 0 Å². The first-order valence-electron chi connectivity index (χ1n) is 10.6. The number of hydrogen-bond acceptors (Lipinski definition) is 5. The number of Topliss-reactive ketones (excluding diaryl/α,β-unsaturated/α-hetero) is 3. The van der Waals surface area contributed by atoms with E-state index in [2.05, 4.69) is 10.3 Å². The van der Waals surface area contributed by atoms with Gasteiger partial charge in [0.25, 0.3) is 0 Å². The number of allylic oxidation sites excluding steroid dienone is 2. The van der Waals surface area contributed by atoms with E-state index in [0.29, 0.717) is 29.7 Å². The molecule has 1 heterocycles. The number of carbonyl (C=O) groups is 3. The topological polar surface area (TPSA) is 75.6 Å². The molecule has 0 unspecified atom stereocenters. The average molecular weight is 455 g/mol. The van der Waals surface area contributed by atoms with Crippen molar-refractivity contribution >= 4 is 40.3 Å². The third-order valence-electron chi connectivity index (χ3n) is 5.84. The summed E-state index contributed by atoms with van der Waals surface area (Å²) in [6.45, 7) is 0.295. The molecule has 0 bridgehead atoms. The molecule has 2 aliphatic rings. The standard InChI is InChI=1S/C27H19ClN2O3/c28-24-25(27(33)21-7-3-2-6-20(21)26(24)32)29-15-16-9-11-17(12-10-16)23(31)14-19-13-18-5-1-4-8-22(18)30-19/h1-12,29H,13-15H2. The van der Waals surface area contributed by atoms with Gasteiger partial charge in [-0.2, -0.15) is 0 Å². The van der Waals surface area contributed by atoms with Crippen LogP contribution in [0.2, 0.25) is 0 Å². The van der Waals surface area contributed by atoms with Crippen LogP contribution in [0.15, 0.2) is 88.5 Å². The van der Waals surface area contributed by atoms with E-state index in [4.69, 9.17) is 11.6 Å². The van der Waals surface area contributed by atoms with Gasteiger partial charge >= 0.3 is 0 Å². The summed E-state index contributed by atoms with van der Waals surface area (Å²) in [5.74, 6) is -0.663. The summed E-state index contributed by atoms with van der Waals surface area (Å²) < 4.78 is 0. The molecule has 0 saturated carbocycles. The number of hydrogen-bond donors (Lipinski definition) is 1. The van der Waals surface area contributed by atoms with Crippen molar-refractivity contribution in [1.82, 2.24) is 5.32 Å². The fourth-order valence-corrected chi connectivity index (χ4v) is 4.35. The smallest absolute Gasteiger partial charge is 0.211 e. The van der Waals surface area contributed by atoms with Crippen LogP contribution in [0.1, 0.15) is 48.6 Å². The SMILES string of the molecule is O=C(CC1=Nc2ccccc2C1)c1ccc(CNC2=C(Cl)C(=O)c3ccccc3C2=O)cc1. The minimum absolute atomic E-state index is 0.0106. The van der Waals surface area contributed by atoms with Gasteiger partial charge in [-0.3, -0.25) is 19.4 Å². The Hall–Kier alpha value is -3.83. The van der Waals surface area contributed by atoms with Crippen molar-refractivity contribution < 1.29 is 14.4 Å². The van der Waals surface area contributed by atoms with Crippen molar-refractivity contribution in [2.45, 2.75) is 19.4 Å². The quantitative estimate of drug-likeness (QED) is 0.519.